The number of alkyl halides is 2. The Morgan fingerprint density at radius 1 is 1.07 bits per heavy atom. The third-order valence-corrected chi connectivity index (χ3v) is 4.12. The fourth-order valence-electron chi connectivity index (χ4n) is 2.60. The van der Waals surface area contributed by atoms with E-state index in [9.17, 15) is 18.4 Å². The summed E-state index contributed by atoms with van der Waals surface area (Å²) >= 11 is 0. The molecule has 0 heterocycles. The highest BCUT2D eigenvalue weighted by Gasteiger charge is 2.20. The summed E-state index contributed by atoms with van der Waals surface area (Å²) in [6, 6.07) is 13.9. The maximum absolute atomic E-state index is 12.7. The van der Waals surface area contributed by atoms with Gasteiger partial charge < -0.3 is 15.4 Å². The van der Waals surface area contributed by atoms with Crippen LogP contribution in [0.2, 0.25) is 0 Å². The molecule has 0 bridgehead atoms. The van der Waals surface area contributed by atoms with Gasteiger partial charge in [-0.1, -0.05) is 51.1 Å². The fraction of sp³-hybridized carbons (Fsp3) is 0.364. The average molecular weight is 404 g/mol. The number of amides is 2. The van der Waals surface area contributed by atoms with Gasteiger partial charge in [-0.2, -0.15) is 8.78 Å². The Morgan fingerprint density at radius 2 is 1.76 bits per heavy atom. The highest BCUT2D eigenvalue weighted by Crippen LogP contribution is 2.27. The Bertz CT molecular complexity index is 834. The lowest BCUT2D eigenvalue weighted by molar-refractivity contribution is -0.128. The van der Waals surface area contributed by atoms with Gasteiger partial charge in [-0.05, 0) is 23.8 Å². The van der Waals surface area contributed by atoms with Gasteiger partial charge in [-0.15, -0.1) is 0 Å². The van der Waals surface area contributed by atoms with Crippen LogP contribution in [0.5, 0.6) is 5.75 Å². The number of carbonyl (C=O) groups is 2. The normalized spacial score (nSPS) is 11.2. The van der Waals surface area contributed by atoms with Crippen molar-refractivity contribution >= 4 is 17.5 Å². The summed E-state index contributed by atoms with van der Waals surface area (Å²) in [5.74, 6) is -0.351. The van der Waals surface area contributed by atoms with Crippen molar-refractivity contribution in [3.8, 4) is 5.75 Å². The molecule has 0 unspecified atom stereocenters. The van der Waals surface area contributed by atoms with Gasteiger partial charge >= 0.3 is 6.61 Å². The summed E-state index contributed by atoms with van der Waals surface area (Å²) in [5, 5.41) is 5.44. The van der Waals surface area contributed by atoms with Crippen LogP contribution in [0.15, 0.2) is 48.5 Å². The standard InChI is InChI=1S/C22H26F2N2O3/c1-22(2,3)20(28)25-12-11-19(27)26-17-9-10-18(29-21(23)24)16(14-17)13-15-7-5-4-6-8-15/h4-10,14,21H,11-13H2,1-3H3,(H,25,28)(H,26,27). The van der Waals surface area contributed by atoms with E-state index in [1.54, 1.807) is 26.8 Å². The number of halogens is 2. The monoisotopic (exact) mass is 404 g/mol. The molecule has 0 aliphatic carbocycles. The second-order valence-corrected chi connectivity index (χ2v) is 7.67. The Hall–Kier alpha value is -2.96. The molecular weight excluding hydrogens is 378 g/mol. The molecule has 0 spiro atoms. The first-order valence-corrected chi connectivity index (χ1v) is 9.35. The zero-order chi connectivity index (χ0) is 21.4. The van der Waals surface area contributed by atoms with E-state index in [2.05, 4.69) is 15.4 Å². The summed E-state index contributed by atoms with van der Waals surface area (Å²) in [5.41, 5.74) is 1.42. The first-order valence-electron chi connectivity index (χ1n) is 9.35. The molecule has 7 heteroatoms. The fourth-order valence-corrected chi connectivity index (χ4v) is 2.60. The van der Waals surface area contributed by atoms with Crippen molar-refractivity contribution in [1.82, 2.24) is 5.32 Å². The second kappa shape index (κ2) is 10.0. The topological polar surface area (TPSA) is 67.4 Å². The minimum absolute atomic E-state index is 0.0688. The third kappa shape index (κ3) is 7.52. The predicted molar refractivity (Wildman–Crippen MR) is 108 cm³/mol. The summed E-state index contributed by atoms with van der Waals surface area (Å²) < 4.78 is 30.0. The Balaban J connectivity index is 2.04. The van der Waals surface area contributed by atoms with Crippen LogP contribution in [0.1, 0.15) is 38.3 Å². The molecule has 29 heavy (non-hydrogen) atoms. The molecule has 2 aromatic carbocycles. The number of ether oxygens (including phenoxy) is 1. The smallest absolute Gasteiger partial charge is 0.387 e. The molecule has 156 valence electrons. The van der Waals surface area contributed by atoms with Crippen LogP contribution < -0.4 is 15.4 Å². The van der Waals surface area contributed by atoms with Crippen LogP contribution in [-0.4, -0.2) is 25.0 Å². The summed E-state index contributed by atoms with van der Waals surface area (Å²) in [6.45, 7) is 2.65. The van der Waals surface area contributed by atoms with Gasteiger partial charge in [0.25, 0.3) is 0 Å². The van der Waals surface area contributed by atoms with E-state index in [4.69, 9.17) is 0 Å². The van der Waals surface area contributed by atoms with Gasteiger partial charge in [0.15, 0.2) is 0 Å². The minimum Gasteiger partial charge on any atom is -0.435 e. The molecule has 5 nitrogen and oxygen atoms in total. The van der Waals surface area contributed by atoms with E-state index in [1.807, 2.05) is 30.3 Å². The first kappa shape index (κ1) is 22.3. The van der Waals surface area contributed by atoms with Crippen molar-refractivity contribution in [3.05, 3.63) is 59.7 Å². The lowest BCUT2D eigenvalue weighted by Gasteiger charge is -2.17. The zero-order valence-corrected chi connectivity index (χ0v) is 16.8. The molecule has 0 atom stereocenters. The number of carbonyl (C=O) groups excluding carboxylic acids is 2. The van der Waals surface area contributed by atoms with Crippen LogP contribution in [-0.2, 0) is 16.0 Å². The summed E-state index contributed by atoms with van der Waals surface area (Å²) in [6.07, 6.45) is 0.485. The molecule has 0 aromatic heterocycles. The van der Waals surface area contributed by atoms with Crippen LogP contribution >= 0.6 is 0 Å². The average Bonchev–Trinajstić information content (AvgIpc) is 2.63. The van der Waals surface area contributed by atoms with Gasteiger partial charge in [0.1, 0.15) is 5.75 Å². The van der Waals surface area contributed by atoms with E-state index < -0.39 is 12.0 Å². The lowest BCUT2D eigenvalue weighted by atomic mass is 9.96. The van der Waals surface area contributed by atoms with E-state index >= 15 is 0 Å². The molecule has 0 saturated carbocycles. The van der Waals surface area contributed by atoms with Gasteiger partial charge in [0, 0.05) is 36.1 Å². The highest BCUT2D eigenvalue weighted by molar-refractivity contribution is 5.91. The van der Waals surface area contributed by atoms with E-state index in [0.717, 1.165) is 5.56 Å². The molecule has 2 amide bonds. The number of anilines is 1. The van der Waals surface area contributed by atoms with E-state index in [-0.39, 0.29) is 30.5 Å². The zero-order valence-electron chi connectivity index (χ0n) is 16.8. The number of hydrogen-bond acceptors (Lipinski definition) is 3. The van der Waals surface area contributed by atoms with Crippen molar-refractivity contribution in [2.75, 3.05) is 11.9 Å². The maximum atomic E-state index is 12.7. The van der Waals surface area contributed by atoms with Crippen LogP contribution in [0.3, 0.4) is 0 Å². The van der Waals surface area contributed by atoms with Crippen molar-refractivity contribution in [3.63, 3.8) is 0 Å². The number of rotatable bonds is 8. The molecule has 0 fully saturated rings. The van der Waals surface area contributed by atoms with Gasteiger partial charge in [0.2, 0.25) is 11.8 Å². The van der Waals surface area contributed by atoms with E-state index in [0.29, 0.717) is 17.7 Å². The quantitative estimate of drug-likeness (QED) is 0.687. The minimum atomic E-state index is -2.93. The number of benzene rings is 2. The van der Waals surface area contributed by atoms with Gasteiger partial charge in [-0.3, -0.25) is 9.59 Å². The largest absolute Gasteiger partial charge is 0.435 e. The third-order valence-electron chi connectivity index (χ3n) is 4.12. The molecule has 2 rings (SSSR count). The van der Waals surface area contributed by atoms with Gasteiger partial charge in [-0.25, -0.2) is 0 Å². The Morgan fingerprint density at radius 3 is 2.38 bits per heavy atom. The molecule has 2 aromatic rings. The predicted octanol–water partition coefficient (Wildman–Crippen LogP) is 4.37. The van der Waals surface area contributed by atoms with Crippen LogP contribution in [0.25, 0.3) is 0 Å². The Kier molecular flexibility index (Phi) is 7.70. The summed E-state index contributed by atoms with van der Waals surface area (Å²) in [7, 11) is 0. The number of nitrogens with one attached hydrogen (secondary N) is 2. The van der Waals surface area contributed by atoms with Gasteiger partial charge in [0.05, 0.1) is 0 Å². The van der Waals surface area contributed by atoms with Crippen molar-refractivity contribution < 1.29 is 23.1 Å². The van der Waals surface area contributed by atoms with Crippen LogP contribution in [0, 0.1) is 5.41 Å². The molecule has 0 radical (unpaired) electrons. The molecular formula is C22H26F2N2O3. The van der Waals surface area contributed by atoms with Crippen molar-refractivity contribution in [2.24, 2.45) is 5.41 Å². The first-order chi connectivity index (χ1) is 13.6. The van der Waals surface area contributed by atoms with Crippen molar-refractivity contribution in [1.29, 1.82) is 0 Å². The van der Waals surface area contributed by atoms with E-state index in [1.165, 1.54) is 12.1 Å². The molecule has 0 aliphatic rings. The van der Waals surface area contributed by atoms with Crippen LogP contribution in [0.4, 0.5) is 14.5 Å². The second-order valence-electron chi connectivity index (χ2n) is 7.67. The SMILES string of the molecule is CC(C)(C)C(=O)NCCC(=O)Nc1ccc(OC(F)F)c(Cc2ccccc2)c1. The highest BCUT2D eigenvalue weighted by atomic mass is 19.3. The maximum Gasteiger partial charge on any atom is 0.387 e. The lowest BCUT2D eigenvalue weighted by Crippen LogP contribution is -2.36. The molecule has 0 aliphatic heterocycles. The Labute approximate surface area is 169 Å². The summed E-state index contributed by atoms with van der Waals surface area (Å²) in [4.78, 5) is 24.0. The molecule has 2 N–H and O–H groups in total. The molecule has 0 saturated heterocycles. The number of hydrogen-bond donors (Lipinski definition) is 2. The van der Waals surface area contributed by atoms with Crippen molar-refractivity contribution in [2.45, 2.75) is 40.2 Å².